The van der Waals surface area contributed by atoms with Crippen LogP contribution in [0.5, 0.6) is 0 Å². The van der Waals surface area contributed by atoms with E-state index in [0.717, 1.165) is 47.4 Å². The Morgan fingerprint density at radius 3 is 2.68 bits per heavy atom. The van der Waals surface area contributed by atoms with E-state index in [4.69, 9.17) is 4.98 Å². The van der Waals surface area contributed by atoms with Crippen molar-refractivity contribution in [3.8, 4) is 0 Å². The molecule has 2 aliphatic rings. The lowest BCUT2D eigenvalue weighted by molar-refractivity contribution is -0.120. The number of amides is 1. The smallest absolute Gasteiger partial charge is 0.241 e. The van der Waals surface area contributed by atoms with Gasteiger partial charge in [0.1, 0.15) is 11.6 Å². The van der Waals surface area contributed by atoms with Crippen molar-refractivity contribution in [2.45, 2.75) is 65.1 Å². The Labute approximate surface area is 222 Å². The van der Waals surface area contributed by atoms with Crippen LogP contribution in [0.25, 0.3) is 0 Å². The minimum atomic E-state index is -0.602. The van der Waals surface area contributed by atoms with Crippen molar-refractivity contribution >= 4 is 11.6 Å². The number of fused-ring (bicyclic) bond motifs is 1. The van der Waals surface area contributed by atoms with Crippen molar-refractivity contribution in [1.29, 1.82) is 0 Å². The van der Waals surface area contributed by atoms with Crippen LogP contribution in [0.4, 0.5) is 14.5 Å². The highest BCUT2D eigenvalue weighted by Crippen LogP contribution is 2.40. The van der Waals surface area contributed by atoms with E-state index in [1.54, 1.807) is 6.20 Å². The summed E-state index contributed by atoms with van der Waals surface area (Å²) < 4.78 is 29.7. The van der Waals surface area contributed by atoms with Gasteiger partial charge in [0.25, 0.3) is 0 Å². The summed E-state index contributed by atoms with van der Waals surface area (Å²) in [5.74, 6) is -1.16. The summed E-state index contributed by atoms with van der Waals surface area (Å²) in [6, 6.07) is 5.96. The SMILES string of the molecule is Cc1cnn(CC2CNC(C)CN2CC(=O)N2CC(C)(C)c3ncc(Cc4ccc(F)cc4F)cc32)c1C. The number of hydrogen-bond donors (Lipinski definition) is 1. The average Bonchev–Trinajstić information content (AvgIpc) is 3.32. The minimum absolute atomic E-state index is 0.0243. The maximum atomic E-state index is 14.3. The number of benzene rings is 1. The number of nitrogens with one attached hydrogen (secondary N) is 1. The van der Waals surface area contributed by atoms with E-state index >= 15 is 0 Å². The van der Waals surface area contributed by atoms with Gasteiger partial charge in [-0.05, 0) is 49.6 Å². The molecule has 2 aliphatic heterocycles. The quantitative estimate of drug-likeness (QED) is 0.534. The minimum Gasteiger partial charge on any atom is -0.311 e. The molecule has 3 aromatic rings. The molecule has 1 amide bonds. The highest BCUT2D eigenvalue weighted by Gasteiger charge is 2.40. The number of nitrogens with zero attached hydrogens (tertiary/aromatic N) is 5. The van der Waals surface area contributed by atoms with Crippen molar-refractivity contribution in [2.75, 3.05) is 31.1 Å². The van der Waals surface area contributed by atoms with Crippen LogP contribution < -0.4 is 10.2 Å². The van der Waals surface area contributed by atoms with Crippen LogP contribution in [0.1, 0.15) is 48.8 Å². The van der Waals surface area contributed by atoms with Gasteiger partial charge in [-0.25, -0.2) is 8.78 Å². The second-order valence-corrected chi connectivity index (χ2v) is 11.5. The van der Waals surface area contributed by atoms with E-state index in [-0.39, 0.29) is 29.8 Å². The van der Waals surface area contributed by atoms with Crippen molar-refractivity contribution in [2.24, 2.45) is 0 Å². The standard InChI is InChI=1S/C29H36F2N6O/c1-18-11-34-37(20(18)3)15-24-13-32-19(2)14-35(24)16-27(38)36-17-29(4,5)28-26(36)9-21(12-33-28)8-22-6-7-23(30)10-25(22)31/h6-7,9-12,19,24,32H,8,13-17H2,1-5H3. The number of piperazine rings is 1. The number of carbonyl (C=O) groups is 1. The first-order valence-corrected chi connectivity index (χ1v) is 13.2. The highest BCUT2D eigenvalue weighted by molar-refractivity contribution is 5.97. The zero-order chi connectivity index (χ0) is 27.2. The molecule has 1 N–H and O–H groups in total. The van der Waals surface area contributed by atoms with E-state index < -0.39 is 11.6 Å². The molecule has 7 nitrogen and oxygen atoms in total. The maximum Gasteiger partial charge on any atom is 0.241 e. The summed E-state index contributed by atoms with van der Waals surface area (Å²) in [5, 5.41) is 8.08. The zero-order valence-electron chi connectivity index (χ0n) is 22.8. The van der Waals surface area contributed by atoms with Gasteiger partial charge in [0.2, 0.25) is 5.91 Å². The van der Waals surface area contributed by atoms with Gasteiger partial charge in [-0.3, -0.25) is 19.4 Å². The number of aryl methyl sites for hydroxylation is 1. The molecular weight excluding hydrogens is 486 g/mol. The molecule has 202 valence electrons. The Bertz CT molecular complexity index is 1350. The monoisotopic (exact) mass is 522 g/mol. The molecule has 0 radical (unpaired) electrons. The Morgan fingerprint density at radius 1 is 1.18 bits per heavy atom. The van der Waals surface area contributed by atoms with E-state index in [1.807, 2.05) is 21.8 Å². The van der Waals surface area contributed by atoms with Gasteiger partial charge >= 0.3 is 0 Å². The molecule has 1 saturated heterocycles. The number of hydrogen-bond acceptors (Lipinski definition) is 5. The first-order chi connectivity index (χ1) is 18.0. The normalized spacial score (nSPS) is 21.1. The summed E-state index contributed by atoms with van der Waals surface area (Å²) in [6.07, 6.45) is 3.89. The lowest BCUT2D eigenvalue weighted by atomic mass is 9.91. The van der Waals surface area contributed by atoms with E-state index in [2.05, 4.69) is 49.9 Å². The van der Waals surface area contributed by atoms with Gasteiger partial charge in [0.05, 0.1) is 30.7 Å². The molecule has 2 unspecified atom stereocenters. The Hall–Kier alpha value is -3.17. The van der Waals surface area contributed by atoms with Crippen LogP contribution in [-0.2, 0) is 23.2 Å². The molecule has 0 bridgehead atoms. The molecule has 0 saturated carbocycles. The second-order valence-electron chi connectivity index (χ2n) is 11.5. The number of anilines is 1. The van der Waals surface area contributed by atoms with E-state index in [9.17, 15) is 13.6 Å². The molecule has 2 aromatic heterocycles. The number of carbonyl (C=O) groups excluding carboxylic acids is 1. The molecule has 0 aliphatic carbocycles. The molecule has 4 heterocycles. The fourth-order valence-corrected chi connectivity index (χ4v) is 5.57. The van der Waals surface area contributed by atoms with Gasteiger partial charge in [-0.15, -0.1) is 0 Å². The molecule has 0 spiro atoms. The summed E-state index contributed by atoms with van der Waals surface area (Å²) in [7, 11) is 0. The van der Waals surface area contributed by atoms with Crippen molar-refractivity contribution in [3.05, 3.63) is 76.4 Å². The largest absolute Gasteiger partial charge is 0.311 e. The topological polar surface area (TPSA) is 66.3 Å². The first-order valence-electron chi connectivity index (χ1n) is 13.2. The third kappa shape index (κ3) is 5.22. The summed E-state index contributed by atoms with van der Waals surface area (Å²) >= 11 is 0. The van der Waals surface area contributed by atoms with Crippen LogP contribution in [-0.4, -0.2) is 63.8 Å². The lowest BCUT2D eigenvalue weighted by Crippen LogP contribution is -2.59. The molecule has 1 aromatic carbocycles. The number of rotatable bonds is 6. The third-order valence-corrected chi connectivity index (χ3v) is 7.92. The fourth-order valence-electron chi connectivity index (χ4n) is 5.57. The molecular formula is C29H36F2N6O. The predicted octanol–water partition coefficient (Wildman–Crippen LogP) is 3.75. The van der Waals surface area contributed by atoms with E-state index in [1.165, 1.54) is 12.1 Å². The van der Waals surface area contributed by atoms with E-state index in [0.29, 0.717) is 25.2 Å². The van der Waals surface area contributed by atoms with Crippen LogP contribution >= 0.6 is 0 Å². The van der Waals surface area contributed by atoms with Gasteiger partial charge < -0.3 is 10.2 Å². The lowest BCUT2D eigenvalue weighted by Gasteiger charge is -2.39. The second kappa shape index (κ2) is 10.2. The van der Waals surface area contributed by atoms with Gasteiger partial charge in [-0.1, -0.05) is 19.9 Å². The molecule has 5 rings (SSSR count). The molecule has 38 heavy (non-hydrogen) atoms. The van der Waals surface area contributed by atoms with Gasteiger partial charge in [-0.2, -0.15) is 5.10 Å². The van der Waals surface area contributed by atoms with Crippen molar-refractivity contribution < 1.29 is 13.6 Å². The Morgan fingerprint density at radius 2 is 1.97 bits per heavy atom. The molecule has 9 heteroatoms. The van der Waals surface area contributed by atoms with Crippen molar-refractivity contribution in [3.63, 3.8) is 0 Å². The van der Waals surface area contributed by atoms with Crippen LogP contribution in [0.15, 0.2) is 36.7 Å². The fraction of sp³-hybridized carbons (Fsp3) is 0.483. The van der Waals surface area contributed by atoms with Crippen LogP contribution in [0.3, 0.4) is 0 Å². The summed E-state index contributed by atoms with van der Waals surface area (Å²) in [5.41, 5.74) is 4.81. The van der Waals surface area contributed by atoms with Gasteiger partial charge in [0, 0.05) is 61.5 Å². The Balaban J connectivity index is 1.37. The highest BCUT2D eigenvalue weighted by atomic mass is 19.1. The predicted molar refractivity (Wildman–Crippen MR) is 143 cm³/mol. The third-order valence-electron chi connectivity index (χ3n) is 7.92. The average molecular weight is 523 g/mol. The van der Waals surface area contributed by atoms with Gasteiger partial charge in [0.15, 0.2) is 0 Å². The molecule has 2 atom stereocenters. The van der Waals surface area contributed by atoms with Crippen LogP contribution in [0.2, 0.25) is 0 Å². The number of pyridine rings is 1. The number of aromatic nitrogens is 3. The van der Waals surface area contributed by atoms with Crippen LogP contribution in [0, 0.1) is 25.5 Å². The summed E-state index contributed by atoms with van der Waals surface area (Å²) in [6.45, 7) is 13.5. The number of halogens is 2. The summed E-state index contributed by atoms with van der Waals surface area (Å²) in [4.78, 5) is 22.6. The van der Waals surface area contributed by atoms with Crippen molar-refractivity contribution in [1.82, 2.24) is 25.0 Å². The first kappa shape index (κ1) is 26.4. The zero-order valence-corrected chi connectivity index (χ0v) is 22.8. The molecule has 1 fully saturated rings. The Kier molecular flexibility index (Phi) is 7.09. The maximum absolute atomic E-state index is 14.3.